The third-order valence-corrected chi connectivity index (χ3v) is 8.09. The normalized spacial score (nSPS) is 16.8. The number of likely N-dealkylation sites (tertiary alicyclic amines) is 2. The van der Waals surface area contributed by atoms with Gasteiger partial charge in [0.2, 0.25) is 0 Å². The Morgan fingerprint density at radius 2 is 1.97 bits per heavy atom. The second kappa shape index (κ2) is 15.3. The van der Waals surface area contributed by atoms with Gasteiger partial charge >= 0.3 is 0 Å². The molecule has 0 atom stereocenters. The average Bonchev–Trinajstić information content (AvgIpc) is 2.92. The van der Waals surface area contributed by atoms with Crippen LogP contribution >= 0.6 is 11.8 Å². The molecule has 38 heavy (non-hydrogen) atoms. The van der Waals surface area contributed by atoms with Crippen molar-refractivity contribution in [2.24, 2.45) is 0 Å². The maximum Gasteiger partial charge on any atom is 0.142 e. The molecule has 1 aromatic carbocycles. The maximum absolute atomic E-state index is 10.3. The molecule has 0 saturated carbocycles. The highest BCUT2D eigenvalue weighted by molar-refractivity contribution is 7.98. The van der Waals surface area contributed by atoms with Gasteiger partial charge in [-0.1, -0.05) is 12.6 Å². The lowest BCUT2D eigenvalue weighted by molar-refractivity contribution is -0.104. The lowest BCUT2D eigenvalue weighted by Crippen LogP contribution is -2.59. The van der Waals surface area contributed by atoms with Gasteiger partial charge in [-0.3, -0.25) is 9.69 Å². The van der Waals surface area contributed by atoms with Crippen LogP contribution in [0.2, 0.25) is 0 Å². The van der Waals surface area contributed by atoms with Crippen LogP contribution in [0.15, 0.2) is 43.1 Å². The Balaban J connectivity index is 0.000000934. The van der Waals surface area contributed by atoms with E-state index >= 15 is 0 Å². The molecule has 8 heteroatoms. The Labute approximate surface area is 233 Å². The van der Waals surface area contributed by atoms with Gasteiger partial charge in [0.25, 0.3) is 0 Å². The smallest absolute Gasteiger partial charge is 0.142 e. The molecule has 7 nitrogen and oxygen atoms in total. The Bertz CT molecular complexity index is 1030. The van der Waals surface area contributed by atoms with Gasteiger partial charge < -0.3 is 20.2 Å². The summed E-state index contributed by atoms with van der Waals surface area (Å²) in [6, 6.07) is 9.61. The molecule has 0 amide bonds. The van der Waals surface area contributed by atoms with Crippen molar-refractivity contribution in [3.8, 4) is 0 Å². The van der Waals surface area contributed by atoms with E-state index in [1.54, 1.807) is 0 Å². The molecule has 2 aliphatic heterocycles. The van der Waals surface area contributed by atoms with Crippen LogP contribution < -0.4 is 10.2 Å². The number of carbonyl (C=O) groups excluding carboxylic acids is 1. The SMILES string of the molecule is C=CC=O.CCN(CCSC)c1ccnc(Nc2cc(C)cc(C3CCN(C4CN(C)C4)CC3)c2)c1CO. The molecule has 208 valence electrons. The number of hydrogen-bond acceptors (Lipinski definition) is 8. The fraction of sp³-hybridized carbons (Fsp3) is 0.533. The second-order valence-corrected chi connectivity index (χ2v) is 11.2. The van der Waals surface area contributed by atoms with E-state index in [1.165, 1.54) is 56.2 Å². The standard InChI is InChI=1S/C27H41N5OS.C3H4O/c1-5-31(12-13-34-4)26-6-9-28-27(25(26)19-33)29-23-15-20(2)14-22(16-23)21-7-10-32(11-8-21)24-17-30(3)18-24;1-2-3-4/h6,9,14-16,21,24,33H,5,7-8,10-13,17-19H2,1-4H3,(H,28,29);2-3H,1H2. The fourth-order valence-corrected chi connectivity index (χ4v) is 5.85. The van der Waals surface area contributed by atoms with Gasteiger partial charge in [0, 0.05) is 61.1 Å². The van der Waals surface area contributed by atoms with E-state index in [-0.39, 0.29) is 6.61 Å². The number of rotatable bonds is 11. The molecule has 0 radical (unpaired) electrons. The molecular formula is C30H45N5O2S. The number of aldehydes is 1. The first-order valence-electron chi connectivity index (χ1n) is 13.6. The van der Waals surface area contributed by atoms with E-state index in [9.17, 15) is 5.11 Å². The summed E-state index contributed by atoms with van der Waals surface area (Å²) in [7, 11) is 2.21. The van der Waals surface area contributed by atoms with Crippen molar-refractivity contribution in [2.45, 2.75) is 45.3 Å². The molecule has 1 aromatic heterocycles. The van der Waals surface area contributed by atoms with Crippen LogP contribution in [-0.4, -0.2) is 90.5 Å². The van der Waals surface area contributed by atoms with Gasteiger partial charge in [-0.25, -0.2) is 4.98 Å². The van der Waals surface area contributed by atoms with Crippen molar-refractivity contribution in [2.75, 3.05) is 68.5 Å². The molecule has 2 fully saturated rings. The first-order valence-corrected chi connectivity index (χ1v) is 15.0. The van der Waals surface area contributed by atoms with Crippen LogP contribution in [0.25, 0.3) is 0 Å². The summed E-state index contributed by atoms with van der Waals surface area (Å²) in [6.07, 6.45) is 8.26. The Kier molecular flexibility index (Phi) is 12.1. The van der Waals surface area contributed by atoms with Crippen LogP contribution in [0.5, 0.6) is 0 Å². The molecule has 0 aliphatic carbocycles. The van der Waals surface area contributed by atoms with Crippen LogP contribution in [0.1, 0.15) is 42.4 Å². The van der Waals surface area contributed by atoms with Gasteiger partial charge in [-0.05, 0) is 94.4 Å². The predicted molar refractivity (Wildman–Crippen MR) is 162 cm³/mol. The van der Waals surface area contributed by atoms with E-state index < -0.39 is 0 Å². The number of thioether (sulfide) groups is 1. The number of pyridine rings is 1. The minimum atomic E-state index is -0.0330. The number of aromatic nitrogens is 1. The second-order valence-electron chi connectivity index (χ2n) is 10.2. The summed E-state index contributed by atoms with van der Waals surface area (Å²) < 4.78 is 0. The molecule has 4 rings (SSSR count). The highest BCUT2D eigenvalue weighted by Crippen LogP contribution is 2.34. The minimum absolute atomic E-state index is 0.0330. The lowest BCUT2D eigenvalue weighted by atomic mass is 9.87. The highest BCUT2D eigenvalue weighted by Gasteiger charge is 2.32. The van der Waals surface area contributed by atoms with Gasteiger partial charge in [0.05, 0.1) is 6.61 Å². The van der Waals surface area contributed by atoms with Crippen molar-refractivity contribution in [1.29, 1.82) is 0 Å². The quantitative estimate of drug-likeness (QED) is 0.315. The zero-order valence-electron chi connectivity index (χ0n) is 23.5. The number of hydrogen-bond donors (Lipinski definition) is 2. The molecular weight excluding hydrogens is 494 g/mol. The summed E-state index contributed by atoms with van der Waals surface area (Å²) in [5, 5.41) is 13.8. The zero-order valence-corrected chi connectivity index (χ0v) is 24.3. The number of aliphatic hydroxyl groups is 1. The monoisotopic (exact) mass is 539 g/mol. The topological polar surface area (TPSA) is 71.9 Å². The molecule has 2 saturated heterocycles. The van der Waals surface area contributed by atoms with Gasteiger partial charge in [-0.2, -0.15) is 11.8 Å². The molecule has 2 N–H and O–H groups in total. The van der Waals surface area contributed by atoms with Crippen LogP contribution in [-0.2, 0) is 11.4 Å². The zero-order chi connectivity index (χ0) is 27.5. The molecule has 2 aliphatic rings. The van der Waals surface area contributed by atoms with Gasteiger partial charge in [0.1, 0.15) is 12.1 Å². The number of likely N-dealkylation sites (N-methyl/N-ethyl adjacent to an activating group) is 1. The van der Waals surface area contributed by atoms with E-state index in [0.717, 1.165) is 47.6 Å². The Morgan fingerprint density at radius 3 is 2.55 bits per heavy atom. The van der Waals surface area contributed by atoms with E-state index in [4.69, 9.17) is 4.79 Å². The number of allylic oxidation sites excluding steroid dienone is 1. The minimum Gasteiger partial charge on any atom is -0.391 e. The number of aryl methyl sites for hydroxylation is 1. The largest absolute Gasteiger partial charge is 0.391 e. The highest BCUT2D eigenvalue weighted by atomic mass is 32.2. The summed E-state index contributed by atoms with van der Waals surface area (Å²) in [5.41, 5.74) is 5.68. The molecule has 2 aromatic rings. The molecule has 0 bridgehead atoms. The van der Waals surface area contributed by atoms with Crippen molar-refractivity contribution in [3.05, 3.63) is 59.8 Å². The van der Waals surface area contributed by atoms with Crippen molar-refractivity contribution in [1.82, 2.24) is 14.8 Å². The van der Waals surface area contributed by atoms with E-state index in [1.807, 2.05) is 24.0 Å². The third kappa shape index (κ3) is 8.06. The number of nitrogens with one attached hydrogen (secondary N) is 1. The van der Waals surface area contributed by atoms with Crippen molar-refractivity contribution < 1.29 is 9.90 Å². The molecule has 3 heterocycles. The van der Waals surface area contributed by atoms with E-state index in [2.05, 4.69) is 76.9 Å². The lowest BCUT2D eigenvalue weighted by Gasteiger charge is -2.46. The average molecular weight is 540 g/mol. The number of piperidine rings is 1. The van der Waals surface area contributed by atoms with E-state index in [0.29, 0.717) is 12.2 Å². The number of benzene rings is 1. The van der Waals surface area contributed by atoms with Gasteiger partial charge in [-0.15, -0.1) is 0 Å². The number of carbonyl (C=O) groups is 1. The van der Waals surface area contributed by atoms with Gasteiger partial charge in [0.15, 0.2) is 0 Å². The van der Waals surface area contributed by atoms with Crippen LogP contribution in [0, 0.1) is 6.92 Å². The number of nitrogens with zero attached hydrogens (tertiary/aromatic N) is 4. The number of aliphatic hydroxyl groups excluding tert-OH is 1. The maximum atomic E-state index is 10.3. The van der Waals surface area contributed by atoms with Crippen molar-refractivity contribution >= 4 is 35.2 Å². The summed E-state index contributed by atoms with van der Waals surface area (Å²) >= 11 is 1.84. The first kappa shape index (κ1) is 30.2. The van der Waals surface area contributed by atoms with Crippen LogP contribution in [0.4, 0.5) is 17.2 Å². The third-order valence-electron chi connectivity index (χ3n) is 7.50. The summed E-state index contributed by atoms with van der Waals surface area (Å²) in [4.78, 5) is 21.1. The Hall–Kier alpha value is -2.39. The fourth-order valence-electron chi connectivity index (χ4n) is 5.44. The molecule has 0 unspecified atom stereocenters. The molecule has 0 spiro atoms. The van der Waals surface area contributed by atoms with Crippen molar-refractivity contribution in [3.63, 3.8) is 0 Å². The summed E-state index contributed by atoms with van der Waals surface area (Å²) in [5.74, 6) is 2.41. The Morgan fingerprint density at radius 1 is 1.26 bits per heavy atom. The van der Waals surface area contributed by atoms with Crippen LogP contribution in [0.3, 0.4) is 0 Å². The predicted octanol–water partition coefficient (Wildman–Crippen LogP) is 4.68. The summed E-state index contributed by atoms with van der Waals surface area (Å²) in [6.45, 7) is 14.1. The number of anilines is 3. The first-order chi connectivity index (χ1) is 18.4.